The summed E-state index contributed by atoms with van der Waals surface area (Å²) in [6.45, 7) is 2.06. The molecule has 0 aromatic heterocycles. The Morgan fingerprint density at radius 2 is 1.85 bits per heavy atom. The highest BCUT2D eigenvalue weighted by Gasteiger charge is 2.31. The molecule has 0 unspecified atom stereocenters. The van der Waals surface area contributed by atoms with Crippen molar-refractivity contribution in [1.82, 2.24) is 5.32 Å². The lowest BCUT2D eigenvalue weighted by Crippen LogP contribution is -2.30. The normalized spacial score (nSPS) is 12.7. The summed E-state index contributed by atoms with van der Waals surface area (Å²) in [4.78, 5) is 35.4. The fourth-order valence-electron chi connectivity index (χ4n) is 3.43. The maximum atomic E-state index is 13.2. The summed E-state index contributed by atoms with van der Waals surface area (Å²) >= 11 is 0. The standard InChI is InChI=1S/C23H26N2O7S/c1-2-31-22(27)11-6-13-24-21(26)16-32-23(28)18-8-5-9-19(15-18)33(29,30)25-14-12-17-7-3-4-10-20(17)25/h3-5,7-10,15H,2,6,11-14,16H2,1H3,(H,24,26). The first kappa shape index (κ1) is 24.2. The van der Waals surface area contributed by atoms with Crippen LogP contribution in [-0.2, 0) is 35.5 Å². The zero-order chi connectivity index (χ0) is 23.8. The molecule has 0 atom stereocenters. The molecule has 33 heavy (non-hydrogen) atoms. The number of hydrogen-bond acceptors (Lipinski definition) is 7. The minimum atomic E-state index is -3.86. The fraction of sp³-hybridized carbons (Fsp3) is 0.348. The fourth-order valence-corrected chi connectivity index (χ4v) is 4.98. The summed E-state index contributed by atoms with van der Waals surface area (Å²) in [6, 6.07) is 12.8. The van der Waals surface area contributed by atoms with Gasteiger partial charge in [-0.05, 0) is 49.6 Å². The number of anilines is 1. The SMILES string of the molecule is CCOC(=O)CCCNC(=O)COC(=O)c1cccc(S(=O)(=O)N2CCc3ccccc32)c1. The van der Waals surface area contributed by atoms with Crippen LogP contribution >= 0.6 is 0 Å². The van der Waals surface area contributed by atoms with Gasteiger partial charge >= 0.3 is 11.9 Å². The zero-order valence-electron chi connectivity index (χ0n) is 18.3. The molecule has 2 aromatic carbocycles. The van der Waals surface area contributed by atoms with E-state index >= 15 is 0 Å². The van der Waals surface area contributed by atoms with Gasteiger partial charge in [-0.2, -0.15) is 0 Å². The van der Waals surface area contributed by atoms with Gasteiger partial charge in [-0.1, -0.05) is 24.3 Å². The quantitative estimate of drug-likeness (QED) is 0.413. The van der Waals surface area contributed by atoms with Crippen LogP contribution in [0, 0.1) is 0 Å². The van der Waals surface area contributed by atoms with Gasteiger partial charge in [-0.25, -0.2) is 13.2 Å². The Balaban J connectivity index is 1.56. The summed E-state index contributed by atoms with van der Waals surface area (Å²) in [5.41, 5.74) is 1.61. The van der Waals surface area contributed by atoms with Gasteiger partial charge in [0, 0.05) is 19.5 Å². The number of nitrogens with zero attached hydrogens (tertiary/aromatic N) is 1. The number of sulfonamides is 1. The number of nitrogens with one attached hydrogen (secondary N) is 1. The van der Waals surface area contributed by atoms with Crippen LogP contribution in [0.15, 0.2) is 53.4 Å². The first-order valence-corrected chi connectivity index (χ1v) is 12.1. The number of fused-ring (bicyclic) bond motifs is 1. The predicted molar refractivity (Wildman–Crippen MR) is 120 cm³/mol. The third kappa shape index (κ3) is 6.10. The van der Waals surface area contributed by atoms with E-state index in [1.807, 2.05) is 12.1 Å². The van der Waals surface area contributed by atoms with Crippen molar-refractivity contribution in [2.75, 3.05) is 30.6 Å². The lowest BCUT2D eigenvalue weighted by molar-refractivity contribution is -0.143. The van der Waals surface area contributed by atoms with Crippen molar-refractivity contribution in [3.63, 3.8) is 0 Å². The molecule has 0 radical (unpaired) electrons. The van der Waals surface area contributed by atoms with Gasteiger partial charge in [0.2, 0.25) is 0 Å². The van der Waals surface area contributed by atoms with Crippen molar-refractivity contribution >= 4 is 33.6 Å². The van der Waals surface area contributed by atoms with Crippen LogP contribution in [0.4, 0.5) is 5.69 Å². The maximum absolute atomic E-state index is 13.2. The second kappa shape index (κ2) is 11.0. The summed E-state index contributed by atoms with van der Waals surface area (Å²) in [7, 11) is -3.86. The first-order chi connectivity index (χ1) is 15.8. The van der Waals surface area contributed by atoms with Gasteiger partial charge in [0.15, 0.2) is 6.61 Å². The van der Waals surface area contributed by atoms with E-state index < -0.39 is 28.5 Å². The Morgan fingerprint density at radius 3 is 2.64 bits per heavy atom. The van der Waals surface area contributed by atoms with E-state index in [2.05, 4.69) is 5.32 Å². The number of rotatable bonds is 10. The molecule has 9 nitrogen and oxygen atoms in total. The van der Waals surface area contributed by atoms with Crippen LogP contribution in [0.2, 0.25) is 0 Å². The van der Waals surface area contributed by atoms with Crippen molar-refractivity contribution < 1.29 is 32.3 Å². The van der Waals surface area contributed by atoms with Crippen molar-refractivity contribution in [1.29, 1.82) is 0 Å². The maximum Gasteiger partial charge on any atom is 0.338 e. The second-order valence-corrected chi connectivity index (χ2v) is 9.18. The van der Waals surface area contributed by atoms with E-state index in [0.29, 0.717) is 31.7 Å². The van der Waals surface area contributed by atoms with E-state index in [1.165, 1.54) is 28.6 Å². The lowest BCUT2D eigenvalue weighted by atomic mass is 10.2. The molecule has 0 saturated heterocycles. The molecule has 0 aliphatic carbocycles. The van der Waals surface area contributed by atoms with Crippen LogP contribution in [0.3, 0.4) is 0 Å². The third-order valence-corrected chi connectivity index (χ3v) is 6.83. The summed E-state index contributed by atoms with van der Waals surface area (Å²) in [5.74, 6) is -1.68. The van der Waals surface area contributed by atoms with Crippen LogP contribution in [-0.4, -0.2) is 52.6 Å². The molecule has 0 bridgehead atoms. The second-order valence-electron chi connectivity index (χ2n) is 7.32. The Morgan fingerprint density at radius 1 is 1.06 bits per heavy atom. The van der Waals surface area contributed by atoms with Crippen LogP contribution < -0.4 is 9.62 Å². The Bertz CT molecular complexity index is 1130. The highest BCUT2D eigenvalue weighted by atomic mass is 32.2. The molecule has 1 heterocycles. The Kier molecular flexibility index (Phi) is 8.05. The van der Waals surface area contributed by atoms with E-state index in [0.717, 1.165) is 5.56 Å². The molecule has 10 heteroatoms. The van der Waals surface area contributed by atoms with Crippen molar-refractivity contribution in [3.8, 4) is 0 Å². The van der Waals surface area contributed by atoms with Gasteiger partial charge in [0.1, 0.15) is 0 Å². The van der Waals surface area contributed by atoms with Crippen LogP contribution in [0.25, 0.3) is 0 Å². The average molecular weight is 475 g/mol. The zero-order valence-corrected chi connectivity index (χ0v) is 19.1. The van der Waals surface area contributed by atoms with Gasteiger partial charge in [0.05, 0.1) is 22.8 Å². The molecule has 176 valence electrons. The number of esters is 2. The number of ether oxygens (including phenoxy) is 2. The van der Waals surface area contributed by atoms with E-state index in [9.17, 15) is 22.8 Å². The third-order valence-electron chi connectivity index (χ3n) is 5.02. The molecule has 0 fully saturated rings. The Hall–Kier alpha value is -3.40. The molecule has 1 amide bonds. The topological polar surface area (TPSA) is 119 Å². The predicted octanol–water partition coefficient (Wildman–Crippen LogP) is 2.05. The van der Waals surface area contributed by atoms with E-state index in [-0.39, 0.29) is 29.4 Å². The van der Waals surface area contributed by atoms with Crippen molar-refractivity contribution in [2.45, 2.75) is 31.1 Å². The largest absolute Gasteiger partial charge is 0.466 e. The molecule has 1 aliphatic rings. The van der Waals surface area contributed by atoms with Crippen LogP contribution in [0.1, 0.15) is 35.7 Å². The van der Waals surface area contributed by atoms with E-state index in [1.54, 1.807) is 19.1 Å². The van der Waals surface area contributed by atoms with Crippen molar-refractivity contribution in [2.24, 2.45) is 0 Å². The van der Waals surface area contributed by atoms with Crippen LogP contribution in [0.5, 0.6) is 0 Å². The minimum absolute atomic E-state index is 0.0265. The number of carbonyl (C=O) groups is 3. The number of benzene rings is 2. The smallest absolute Gasteiger partial charge is 0.338 e. The number of amides is 1. The monoisotopic (exact) mass is 474 g/mol. The van der Waals surface area contributed by atoms with E-state index in [4.69, 9.17) is 9.47 Å². The highest BCUT2D eigenvalue weighted by molar-refractivity contribution is 7.92. The van der Waals surface area contributed by atoms with Gasteiger partial charge < -0.3 is 14.8 Å². The lowest BCUT2D eigenvalue weighted by Gasteiger charge is -2.19. The molecule has 0 spiro atoms. The molecule has 0 saturated carbocycles. The summed E-state index contributed by atoms with van der Waals surface area (Å²) in [6.07, 6.45) is 1.20. The number of para-hydroxylation sites is 1. The highest BCUT2D eigenvalue weighted by Crippen LogP contribution is 2.32. The molecule has 1 N–H and O–H groups in total. The molecule has 3 rings (SSSR count). The Labute approximate surface area is 192 Å². The van der Waals surface area contributed by atoms with Gasteiger partial charge in [-0.15, -0.1) is 0 Å². The van der Waals surface area contributed by atoms with Gasteiger partial charge in [0.25, 0.3) is 15.9 Å². The number of hydrogen-bond donors (Lipinski definition) is 1. The molecular formula is C23H26N2O7S. The molecule has 2 aromatic rings. The van der Waals surface area contributed by atoms with Gasteiger partial charge in [-0.3, -0.25) is 13.9 Å². The van der Waals surface area contributed by atoms with Crippen molar-refractivity contribution in [3.05, 3.63) is 59.7 Å². The minimum Gasteiger partial charge on any atom is -0.466 e. The first-order valence-electron chi connectivity index (χ1n) is 10.6. The molecule has 1 aliphatic heterocycles. The summed E-state index contributed by atoms with van der Waals surface area (Å²) in [5, 5.41) is 2.54. The number of carbonyl (C=O) groups excluding carboxylic acids is 3. The summed E-state index contributed by atoms with van der Waals surface area (Å²) < 4.78 is 37.4. The average Bonchev–Trinajstić information content (AvgIpc) is 3.25. The molecular weight excluding hydrogens is 448 g/mol.